The number of piperidine rings is 1. The number of ether oxygens (including phenoxy) is 1. The highest BCUT2D eigenvalue weighted by Gasteiger charge is 2.27. The number of nitrogens with zero attached hydrogens (tertiary/aromatic N) is 2. The van der Waals surface area contributed by atoms with Gasteiger partial charge in [-0.25, -0.2) is 4.98 Å². The van der Waals surface area contributed by atoms with Crippen molar-refractivity contribution in [3.63, 3.8) is 0 Å². The highest BCUT2D eigenvalue weighted by Crippen LogP contribution is 2.21. The summed E-state index contributed by atoms with van der Waals surface area (Å²) >= 11 is 0. The molecule has 1 fully saturated rings. The van der Waals surface area contributed by atoms with E-state index in [1.165, 1.54) is 0 Å². The third kappa shape index (κ3) is 4.45. The van der Waals surface area contributed by atoms with Crippen LogP contribution in [0.2, 0.25) is 0 Å². The Kier molecular flexibility index (Phi) is 5.97. The van der Waals surface area contributed by atoms with Gasteiger partial charge in [-0.2, -0.15) is 0 Å². The summed E-state index contributed by atoms with van der Waals surface area (Å²) in [7, 11) is 0. The van der Waals surface area contributed by atoms with Crippen LogP contribution in [0.1, 0.15) is 25.3 Å². The molecule has 7 nitrogen and oxygen atoms in total. The van der Waals surface area contributed by atoms with Crippen LogP contribution >= 0.6 is 0 Å². The van der Waals surface area contributed by atoms with Crippen molar-refractivity contribution in [3.05, 3.63) is 64.4 Å². The van der Waals surface area contributed by atoms with Crippen molar-refractivity contribution in [2.75, 3.05) is 24.6 Å². The highest BCUT2D eigenvalue weighted by atomic mass is 16.5. The molecule has 2 aromatic carbocycles. The van der Waals surface area contributed by atoms with E-state index in [4.69, 9.17) is 4.74 Å². The van der Waals surface area contributed by atoms with Crippen LogP contribution < -0.4 is 20.5 Å². The van der Waals surface area contributed by atoms with E-state index in [-0.39, 0.29) is 17.4 Å². The van der Waals surface area contributed by atoms with E-state index in [0.717, 1.165) is 36.2 Å². The second-order valence-corrected chi connectivity index (χ2v) is 7.49. The molecule has 0 saturated carbocycles. The summed E-state index contributed by atoms with van der Waals surface area (Å²) in [4.78, 5) is 34.6. The largest absolute Gasteiger partial charge is 0.494 e. The van der Waals surface area contributed by atoms with Gasteiger partial charge in [0, 0.05) is 19.6 Å². The Morgan fingerprint density at radius 2 is 2.03 bits per heavy atom. The third-order valence-electron chi connectivity index (χ3n) is 5.37. The Morgan fingerprint density at radius 3 is 2.83 bits per heavy atom. The number of carbonyl (C=O) groups is 1. The Hall–Kier alpha value is -3.35. The number of anilines is 1. The number of fused-ring (bicyclic) bond motifs is 1. The molecule has 1 atom stereocenters. The van der Waals surface area contributed by atoms with Crippen molar-refractivity contribution >= 4 is 22.8 Å². The lowest BCUT2D eigenvalue weighted by atomic mass is 9.97. The minimum atomic E-state index is -0.218. The van der Waals surface area contributed by atoms with Crippen LogP contribution in [0.3, 0.4) is 0 Å². The van der Waals surface area contributed by atoms with Crippen LogP contribution in [0, 0.1) is 5.92 Å². The molecule has 0 unspecified atom stereocenters. The first-order valence-electron chi connectivity index (χ1n) is 10.4. The summed E-state index contributed by atoms with van der Waals surface area (Å²) in [5.41, 5.74) is 2.26. The molecule has 30 heavy (non-hydrogen) atoms. The maximum Gasteiger partial charge on any atom is 0.291 e. The van der Waals surface area contributed by atoms with E-state index < -0.39 is 0 Å². The summed E-state index contributed by atoms with van der Waals surface area (Å²) < 4.78 is 5.44. The van der Waals surface area contributed by atoms with Gasteiger partial charge in [-0.05, 0) is 49.6 Å². The van der Waals surface area contributed by atoms with Gasteiger partial charge in [-0.3, -0.25) is 9.59 Å². The molecule has 0 radical (unpaired) electrons. The van der Waals surface area contributed by atoms with Crippen LogP contribution in [-0.4, -0.2) is 35.6 Å². The van der Waals surface area contributed by atoms with E-state index >= 15 is 0 Å². The maximum atomic E-state index is 12.7. The van der Waals surface area contributed by atoms with E-state index in [1.807, 2.05) is 60.4 Å². The van der Waals surface area contributed by atoms with Crippen molar-refractivity contribution in [1.82, 2.24) is 15.3 Å². The number of carbonyl (C=O) groups excluding carboxylic acids is 1. The average molecular weight is 406 g/mol. The molecule has 1 amide bonds. The minimum absolute atomic E-state index is 0.00537. The Bertz CT molecular complexity index is 1080. The molecule has 156 valence electrons. The van der Waals surface area contributed by atoms with Gasteiger partial charge in [0.05, 0.1) is 23.6 Å². The SMILES string of the molecule is CCOc1ccc(CNC(=O)[C@H]2CCCN(c3nc4ccccc4[nH]c3=O)C2)cc1. The van der Waals surface area contributed by atoms with Crippen molar-refractivity contribution in [1.29, 1.82) is 0 Å². The molecule has 1 aliphatic heterocycles. The number of hydrogen-bond donors (Lipinski definition) is 2. The quantitative estimate of drug-likeness (QED) is 0.657. The molecule has 0 spiro atoms. The number of H-pyrrole nitrogens is 1. The van der Waals surface area contributed by atoms with E-state index in [0.29, 0.717) is 31.0 Å². The van der Waals surface area contributed by atoms with Crippen molar-refractivity contribution in [2.45, 2.75) is 26.3 Å². The van der Waals surface area contributed by atoms with Crippen molar-refractivity contribution in [3.8, 4) is 5.75 Å². The number of benzene rings is 2. The third-order valence-corrected chi connectivity index (χ3v) is 5.37. The molecular formula is C23H26N4O3. The fourth-order valence-electron chi connectivity index (χ4n) is 3.82. The Labute approximate surface area is 175 Å². The molecule has 3 aromatic rings. The normalized spacial score (nSPS) is 16.4. The summed E-state index contributed by atoms with van der Waals surface area (Å²) in [6.45, 7) is 4.25. The topological polar surface area (TPSA) is 87.3 Å². The van der Waals surface area contributed by atoms with Crippen LogP contribution in [0.25, 0.3) is 11.0 Å². The predicted octanol–water partition coefficient (Wildman–Crippen LogP) is 2.85. The van der Waals surface area contributed by atoms with Gasteiger partial charge >= 0.3 is 0 Å². The zero-order valence-electron chi connectivity index (χ0n) is 17.1. The first-order valence-corrected chi connectivity index (χ1v) is 10.4. The molecule has 0 bridgehead atoms. The van der Waals surface area contributed by atoms with Gasteiger partial charge in [-0.15, -0.1) is 0 Å². The van der Waals surface area contributed by atoms with Crippen LogP contribution in [-0.2, 0) is 11.3 Å². The lowest BCUT2D eigenvalue weighted by Gasteiger charge is -2.32. The predicted molar refractivity (Wildman–Crippen MR) is 117 cm³/mol. The highest BCUT2D eigenvalue weighted by molar-refractivity contribution is 5.80. The van der Waals surface area contributed by atoms with Gasteiger partial charge in [0.2, 0.25) is 5.91 Å². The van der Waals surface area contributed by atoms with Crippen LogP contribution in [0.4, 0.5) is 5.82 Å². The summed E-state index contributed by atoms with van der Waals surface area (Å²) in [6, 6.07) is 15.2. The number of aromatic nitrogens is 2. The lowest BCUT2D eigenvalue weighted by molar-refractivity contribution is -0.125. The van der Waals surface area contributed by atoms with Crippen molar-refractivity contribution in [2.24, 2.45) is 5.92 Å². The molecule has 1 aromatic heterocycles. The molecule has 1 aliphatic rings. The minimum Gasteiger partial charge on any atom is -0.494 e. The van der Waals surface area contributed by atoms with Gasteiger partial charge in [0.25, 0.3) is 5.56 Å². The second-order valence-electron chi connectivity index (χ2n) is 7.49. The molecule has 0 aliphatic carbocycles. The number of para-hydroxylation sites is 2. The molecular weight excluding hydrogens is 380 g/mol. The molecule has 2 N–H and O–H groups in total. The van der Waals surface area contributed by atoms with E-state index in [2.05, 4.69) is 15.3 Å². The van der Waals surface area contributed by atoms with Gasteiger partial charge in [0.1, 0.15) is 5.75 Å². The first-order chi connectivity index (χ1) is 14.6. The number of amides is 1. The van der Waals surface area contributed by atoms with Gasteiger partial charge in [-0.1, -0.05) is 24.3 Å². The summed E-state index contributed by atoms with van der Waals surface area (Å²) in [5, 5.41) is 3.02. The fourth-order valence-corrected chi connectivity index (χ4v) is 3.82. The number of nitrogens with one attached hydrogen (secondary N) is 2. The summed E-state index contributed by atoms with van der Waals surface area (Å²) in [6.07, 6.45) is 1.65. The summed E-state index contributed by atoms with van der Waals surface area (Å²) in [5.74, 6) is 1.04. The van der Waals surface area contributed by atoms with Crippen LogP contribution in [0.15, 0.2) is 53.3 Å². The zero-order valence-corrected chi connectivity index (χ0v) is 17.1. The second kappa shape index (κ2) is 8.98. The molecule has 4 rings (SSSR count). The molecule has 7 heteroatoms. The Morgan fingerprint density at radius 1 is 1.23 bits per heavy atom. The smallest absolute Gasteiger partial charge is 0.291 e. The fraction of sp³-hybridized carbons (Fsp3) is 0.348. The number of aromatic amines is 1. The standard InChI is InChI=1S/C23H26N4O3/c1-2-30-18-11-9-16(10-12-18)14-24-22(28)17-6-5-13-27(15-17)21-23(29)26-20-8-4-3-7-19(20)25-21/h3-4,7-12,17H,2,5-6,13-15H2,1H3,(H,24,28)(H,26,29)/t17-/m0/s1. The van der Waals surface area contributed by atoms with Crippen LogP contribution in [0.5, 0.6) is 5.75 Å². The maximum absolute atomic E-state index is 12.7. The number of hydrogen-bond acceptors (Lipinski definition) is 5. The monoisotopic (exact) mass is 406 g/mol. The van der Waals surface area contributed by atoms with Crippen molar-refractivity contribution < 1.29 is 9.53 Å². The van der Waals surface area contributed by atoms with Gasteiger partial charge < -0.3 is 19.9 Å². The average Bonchev–Trinajstić information content (AvgIpc) is 2.78. The van der Waals surface area contributed by atoms with Gasteiger partial charge in [0.15, 0.2) is 5.82 Å². The van der Waals surface area contributed by atoms with E-state index in [1.54, 1.807) is 0 Å². The van der Waals surface area contributed by atoms with E-state index in [9.17, 15) is 9.59 Å². The zero-order chi connectivity index (χ0) is 20.9. The first kappa shape index (κ1) is 19.9. The lowest BCUT2D eigenvalue weighted by Crippen LogP contribution is -2.44. The molecule has 1 saturated heterocycles. The number of rotatable bonds is 6. The Balaban J connectivity index is 1.40. The molecule has 2 heterocycles.